The molecule has 0 radical (unpaired) electrons. The van der Waals surface area contributed by atoms with Crippen LogP contribution in [0.5, 0.6) is 0 Å². The summed E-state index contributed by atoms with van der Waals surface area (Å²) in [5, 5.41) is 21.2. The molecule has 1 aromatic heterocycles. The molecule has 1 aliphatic carbocycles. The largest absolute Gasteiger partial charge is 0.444 e. The first-order chi connectivity index (χ1) is 23.9. The van der Waals surface area contributed by atoms with E-state index in [0.717, 1.165) is 79.7 Å². The molecule has 13 nitrogen and oxygen atoms in total. The predicted octanol–water partition coefficient (Wildman–Crippen LogP) is 6.13. The normalized spacial score (nSPS) is 18.3. The first-order valence-electron chi connectivity index (χ1n) is 17.5. The van der Waals surface area contributed by atoms with Crippen LogP contribution in [0.1, 0.15) is 70.1 Å². The van der Waals surface area contributed by atoms with E-state index in [9.17, 15) is 19.7 Å². The minimum absolute atomic E-state index is 0.145. The fraction of sp³-hybridized carbons (Fsp3) is 0.514. The summed E-state index contributed by atoms with van der Waals surface area (Å²) in [6.45, 7) is 14.0. The van der Waals surface area contributed by atoms with Crippen LogP contribution in [-0.2, 0) is 22.6 Å². The van der Waals surface area contributed by atoms with Gasteiger partial charge in [0, 0.05) is 58.8 Å². The average molecular weight is 687 g/mol. The molecule has 2 aromatic carbocycles. The van der Waals surface area contributed by atoms with Gasteiger partial charge in [0.25, 0.3) is 0 Å². The first-order valence-corrected chi connectivity index (χ1v) is 17.5. The Morgan fingerprint density at radius 2 is 1.72 bits per heavy atom. The smallest absolute Gasteiger partial charge is 0.407 e. The van der Waals surface area contributed by atoms with Gasteiger partial charge in [-0.2, -0.15) is 4.98 Å². The zero-order valence-corrected chi connectivity index (χ0v) is 29.8. The highest BCUT2D eigenvalue weighted by Gasteiger charge is 2.29. The third-order valence-corrected chi connectivity index (χ3v) is 9.57. The van der Waals surface area contributed by atoms with E-state index in [1.807, 2.05) is 56.0 Å². The molecule has 5 rings (SSSR count). The van der Waals surface area contributed by atoms with Crippen LogP contribution in [-0.4, -0.2) is 81.1 Å². The van der Waals surface area contributed by atoms with Crippen molar-refractivity contribution in [3.05, 3.63) is 75.5 Å². The van der Waals surface area contributed by atoms with Crippen molar-refractivity contribution in [2.45, 2.75) is 85.0 Å². The van der Waals surface area contributed by atoms with Crippen LogP contribution in [0.3, 0.4) is 0 Å². The number of nitrogens with zero attached hydrogens (tertiary/aromatic N) is 5. The van der Waals surface area contributed by atoms with Gasteiger partial charge in [0.05, 0.1) is 4.92 Å². The second-order valence-corrected chi connectivity index (χ2v) is 14.3. The van der Waals surface area contributed by atoms with Crippen LogP contribution in [0.4, 0.5) is 22.2 Å². The van der Waals surface area contributed by atoms with Crippen molar-refractivity contribution in [1.82, 2.24) is 25.1 Å². The Morgan fingerprint density at radius 1 is 1.00 bits per heavy atom. The summed E-state index contributed by atoms with van der Waals surface area (Å²) >= 11 is 0. The zero-order chi connectivity index (χ0) is 35.8. The van der Waals surface area contributed by atoms with Gasteiger partial charge in [0.2, 0.25) is 17.7 Å². The van der Waals surface area contributed by atoms with Crippen molar-refractivity contribution < 1.29 is 19.2 Å². The first kappa shape index (κ1) is 36.5. The van der Waals surface area contributed by atoms with Crippen LogP contribution in [0, 0.1) is 23.0 Å². The minimum atomic E-state index is -0.564. The second kappa shape index (κ2) is 16.3. The van der Waals surface area contributed by atoms with E-state index in [2.05, 4.69) is 49.9 Å². The van der Waals surface area contributed by atoms with Gasteiger partial charge in [-0.1, -0.05) is 36.4 Å². The number of aromatic nitrogens is 2. The number of piperazine rings is 1. The number of nitro groups is 1. The molecule has 0 atom stereocenters. The molecule has 3 N–H and O–H groups in total. The van der Waals surface area contributed by atoms with Crippen molar-refractivity contribution >= 4 is 29.5 Å². The van der Waals surface area contributed by atoms with Gasteiger partial charge in [-0.3, -0.25) is 19.8 Å². The average Bonchev–Trinajstić information content (AvgIpc) is 3.09. The van der Waals surface area contributed by atoms with Crippen LogP contribution in [0.2, 0.25) is 0 Å². The number of nitrogens with one attached hydrogen (secondary N) is 3. The molecule has 13 heteroatoms. The maximum atomic E-state index is 12.1. The summed E-state index contributed by atoms with van der Waals surface area (Å²) in [4.78, 5) is 48.4. The molecule has 2 heterocycles. The molecular formula is C37H50N8O5. The SMILES string of the molecule is CC(=O)N1CCN([C@H]2CC[C@H](CNc3nc(NCc4cccc(-c5cccc(CNC(=O)OC(C)(C)C)c5)c4C)ncc3[N+](=O)[O-])CC2)CC1. The lowest BCUT2D eigenvalue weighted by Crippen LogP contribution is -2.52. The number of alkyl carbamates (subject to hydrolysis) is 1. The van der Waals surface area contributed by atoms with E-state index in [0.29, 0.717) is 37.5 Å². The Hall–Kier alpha value is -4.78. The third kappa shape index (κ3) is 9.90. The minimum Gasteiger partial charge on any atom is -0.444 e. The quantitative estimate of drug-likeness (QED) is 0.158. The molecule has 0 bridgehead atoms. The maximum absolute atomic E-state index is 12.1. The van der Waals surface area contributed by atoms with E-state index < -0.39 is 16.6 Å². The number of anilines is 2. The second-order valence-electron chi connectivity index (χ2n) is 14.3. The highest BCUT2D eigenvalue weighted by Crippen LogP contribution is 2.31. The molecule has 2 amide bonds. The molecule has 1 aliphatic heterocycles. The fourth-order valence-electron chi connectivity index (χ4n) is 6.78. The number of hydrogen-bond donors (Lipinski definition) is 3. The van der Waals surface area contributed by atoms with Crippen molar-refractivity contribution in [1.29, 1.82) is 0 Å². The van der Waals surface area contributed by atoms with Crippen molar-refractivity contribution in [2.24, 2.45) is 5.92 Å². The molecule has 2 aliphatic rings. The summed E-state index contributed by atoms with van der Waals surface area (Å²) < 4.78 is 5.36. The fourth-order valence-corrected chi connectivity index (χ4v) is 6.78. The third-order valence-electron chi connectivity index (χ3n) is 9.57. The molecule has 2 fully saturated rings. The number of ether oxygens (including phenoxy) is 1. The summed E-state index contributed by atoms with van der Waals surface area (Å²) in [6.07, 6.45) is 5.03. The van der Waals surface area contributed by atoms with Gasteiger partial charge >= 0.3 is 11.8 Å². The Bertz CT molecular complexity index is 1660. The molecule has 1 saturated heterocycles. The summed E-state index contributed by atoms with van der Waals surface area (Å²) in [6, 6.07) is 14.6. The van der Waals surface area contributed by atoms with E-state index in [1.165, 1.54) is 6.20 Å². The molecular weight excluding hydrogens is 636 g/mol. The number of carbonyl (C=O) groups is 2. The van der Waals surface area contributed by atoms with E-state index in [-0.39, 0.29) is 17.4 Å². The monoisotopic (exact) mass is 686 g/mol. The molecule has 3 aromatic rings. The van der Waals surface area contributed by atoms with E-state index in [4.69, 9.17) is 4.74 Å². The highest BCUT2D eigenvalue weighted by molar-refractivity contribution is 5.73. The Labute approximate surface area is 294 Å². The maximum Gasteiger partial charge on any atom is 0.407 e. The van der Waals surface area contributed by atoms with Crippen LogP contribution < -0.4 is 16.0 Å². The summed E-state index contributed by atoms with van der Waals surface area (Å²) in [7, 11) is 0. The molecule has 268 valence electrons. The lowest BCUT2D eigenvalue weighted by atomic mass is 9.85. The topological polar surface area (TPSA) is 155 Å². The number of rotatable bonds is 11. The lowest BCUT2D eigenvalue weighted by molar-refractivity contribution is -0.384. The predicted molar refractivity (Wildman–Crippen MR) is 194 cm³/mol. The van der Waals surface area contributed by atoms with Crippen molar-refractivity contribution in [3.8, 4) is 11.1 Å². The van der Waals surface area contributed by atoms with Gasteiger partial charge in [-0.05, 0) is 93.2 Å². The number of carbonyl (C=O) groups excluding carboxylic acids is 2. The molecule has 0 unspecified atom stereocenters. The van der Waals surface area contributed by atoms with Crippen LogP contribution in [0.25, 0.3) is 11.1 Å². The number of amides is 2. The molecule has 50 heavy (non-hydrogen) atoms. The van der Waals surface area contributed by atoms with Crippen molar-refractivity contribution in [2.75, 3.05) is 43.4 Å². The Kier molecular flexibility index (Phi) is 11.9. The number of benzene rings is 2. The molecule has 1 saturated carbocycles. The van der Waals surface area contributed by atoms with Gasteiger partial charge in [-0.15, -0.1) is 0 Å². The van der Waals surface area contributed by atoms with Gasteiger partial charge in [-0.25, -0.2) is 9.78 Å². The lowest BCUT2D eigenvalue weighted by Gasteiger charge is -2.41. The zero-order valence-electron chi connectivity index (χ0n) is 29.8. The van der Waals surface area contributed by atoms with Gasteiger partial charge < -0.3 is 25.6 Å². The van der Waals surface area contributed by atoms with Crippen molar-refractivity contribution in [3.63, 3.8) is 0 Å². The van der Waals surface area contributed by atoms with Gasteiger partial charge in [0.1, 0.15) is 11.8 Å². The Balaban J connectivity index is 1.17. The van der Waals surface area contributed by atoms with Crippen LogP contribution in [0.15, 0.2) is 48.7 Å². The van der Waals surface area contributed by atoms with Gasteiger partial charge in [0.15, 0.2) is 0 Å². The molecule has 0 spiro atoms. The number of hydrogen-bond acceptors (Lipinski definition) is 10. The standard InChI is InChI=1S/C37H50N8O5/c1-25-30(10-7-11-32(25)29-9-6-8-28(20-29)22-41-36(47)50-37(3,4)5)23-39-35-40-24-33(45(48)49)34(42-35)38-21-27-12-14-31(15-13-27)44-18-16-43(17-19-44)26(2)46/h6-11,20,24,27,31H,12-19,21-23H2,1-5H3,(H,41,47)(H2,38,39,40,42)/t27-,31-. The Morgan fingerprint density at radius 3 is 2.40 bits per heavy atom. The van der Waals surface area contributed by atoms with E-state index in [1.54, 1.807) is 6.92 Å². The van der Waals surface area contributed by atoms with E-state index >= 15 is 0 Å². The summed E-state index contributed by atoms with van der Waals surface area (Å²) in [5.74, 6) is 1.07. The summed E-state index contributed by atoms with van der Waals surface area (Å²) in [5.41, 5.74) is 4.44. The highest BCUT2D eigenvalue weighted by atomic mass is 16.6. The van der Waals surface area contributed by atoms with Crippen LogP contribution >= 0.6 is 0 Å².